The van der Waals surface area contributed by atoms with Crippen molar-refractivity contribution in [3.63, 3.8) is 0 Å². The van der Waals surface area contributed by atoms with Crippen LogP contribution in [0.5, 0.6) is 0 Å². The number of nitrogens with one attached hydrogen (secondary N) is 1. The van der Waals surface area contributed by atoms with E-state index >= 15 is 0 Å². The highest BCUT2D eigenvalue weighted by Crippen LogP contribution is 1.91. The van der Waals surface area contributed by atoms with Crippen molar-refractivity contribution >= 4 is 17.2 Å². The van der Waals surface area contributed by atoms with Crippen LogP contribution >= 0.6 is 12.2 Å². The highest BCUT2D eigenvalue weighted by molar-refractivity contribution is 7.80. The number of morpholine rings is 1. The highest BCUT2D eigenvalue weighted by Gasteiger charge is 2.14. The third-order valence-corrected chi connectivity index (χ3v) is 1.55. The predicted molar refractivity (Wildman–Crippen MR) is 39.4 cm³/mol. The van der Waals surface area contributed by atoms with Crippen LogP contribution in [0.3, 0.4) is 0 Å². The van der Waals surface area contributed by atoms with E-state index in [-0.39, 0.29) is 6.04 Å². The second kappa shape index (κ2) is 3.10. The van der Waals surface area contributed by atoms with Crippen molar-refractivity contribution in [1.29, 1.82) is 0 Å². The first-order chi connectivity index (χ1) is 4.30. The summed E-state index contributed by atoms with van der Waals surface area (Å²) in [5.41, 5.74) is 5.36. The minimum atomic E-state index is 0.0914. The van der Waals surface area contributed by atoms with Crippen molar-refractivity contribution in [2.75, 3.05) is 19.8 Å². The molecule has 1 heterocycles. The fraction of sp³-hybridized carbons (Fsp3) is 0.800. The summed E-state index contributed by atoms with van der Waals surface area (Å²) in [4.78, 5) is 0.495. The van der Waals surface area contributed by atoms with Crippen LogP contribution in [0.4, 0.5) is 0 Å². The Hall–Kier alpha value is -0.190. The van der Waals surface area contributed by atoms with Crippen LogP contribution in [0.15, 0.2) is 0 Å². The summed E-state index contributed by atoms with van der Waals surface area (Å²) in [6, 6.07) is 0.0914. The Balaban J connectivity index is 2.31. The number of hydrogen-bond acceptors (Lipinski definition) is 3. The third kappa shape index (κ3) is 1.89. The molecule has 1 aliphatic heterocycles. The van der Waals surface area contributed by atoms with Gasteiger partial charge < -0.3 is 15.8 Å². The highest BCUT2D eigenvalue weighted by atomic mass is 32.1. The molecule has 0 radical (unpaired) electrons. The Morgan fingerprint density at radius 3 is 2.89 bits per heavy atom. The van der Waals surface area contributed by atoms with Gasteiger partial charge in [-0.25, -0.2) is 0 Å². The van der Waals surface area contributed by atoms with Crippen molar-refractivity contribution in [1.82, 2.24) is 5.32 Å². The van der Waals surface area contributed by atoms with Crippen LogP contribution in [0, 0.1) is 0 Å². The van der Waals surface area contributed by atoms with E-state index in [0.717, 1.165) is 13.2 Å². The molecule has 3 N–H and O–H groups in total. The molecule has 0 aromatic carbocycles. The van der Waals surface area contributed by atoms with Crippen molar-refractivity contribution < 1.29 is 4.74 Å². The van der Waals surface area contributed by atoms with Gasteiger partial charge in [0.05, 0.1) is 24.2 Å². The van der Waals surface area contributed by atoms with E-state index in [4.69, 9.17) is 22.7 Å². The zero-order chi connectivity index (χ0) is 6.69. The van der Waals surface area contributed by atoms with E-state index in [1.54, 1.807) is 0 Å². The molecule has 0 aromatic heterocycles. The smallest absolute Gasteiger partial charge is 0.0923 e. The van der Waals surface area contributed by atoms with Crippen molar-refractivity contribution in [2.24, 2.45) is 5.73 Å². The van der Waals surface area contributed by atoms with Gasteiger partial charge in [0.1, 0.15) is 0 Å². The van der Waals surface area contributed by atoms with E-state index in [9.17, 15) is 0 Å². The van der Waals surface area contributed by atoms with Gasteiger partial charge in [0, 0.05) is 6.54 Å². The Morgan fingerprint density at radius 1 is 1.78 bits per heavy atom. The predicted octanol–water partition coefficient (Wildman–Crippen LogP) is -0.739. The summed E-state index contributed by atoms with van der Waals surface area (Å²) in [5, 5.41) is 3.13. The molecule has 1 aliphatic rings. The number of ether oxygens (including phenoxy) is 1. The molecule has 4 heteroatoms. The van der Waals surface area contributed by atoms with Gasteiger partial charge in [0.15, 0.2) is 0 Å². The molecule has 0 amide bonds. The summed E-state index contributed by atoms with van der Waals surface area (Å²) < 4.78 is 5.11. The molecule has 52 valence electrons. The maximum atomic E-state index is 5.36. The van der Waals surface area contributed by atoms with Gasteiger partial charge >= 0.3 is 0 Å². The van der Waals surface area contributed by atoms with Crippen LogP contribution in [0.1, 0.15) is 0 Å². The second-order valence-corrected chi connectivity index (χ2v) is 2.46. The quantitative estimate of drug-likeness (QED) is 0.478. The van der Waals surface area contributed by atoms with Gasteiger partial charge in [-0.1, -0.05) is 12.2 Å². The summed E-state index contributed by atoms with van der Waals surface area (Å²) >= 11 is 4.75. The molecule has 0 bridgehead atoms. The molecule has 0 saturated carbocycles. The molecule has 3 nitrogen and oxygen atoms in total. The van der Waals surface area contributed by atoms with Crippen LogP contribution in [0.2, 0.25) is 0 Å². The Kier molecular flexibility index (Phi) is 2.38. The lowest BCUT2D eigenvalue weighted by Gasteiger charge is -2.22. The van der Waals surface area contributed by atoms with E-state index < -0.39 is 0 Å². The summed E-state index contributed by atoms with van der Waals surface area (Å²) in [6.07, 6.45) is 0. The van der Waals surface area contributed by atoms with Gasteiger partial charge in [-0.2, -0.15) is 0 Å². The van der Waals surface area contributed by atoms with Gasteiger partial charge in [-0.3, -0.25) is 0 Å². The summed E-state index contributed by atoms with van der Waals surface area (Å²) in [6.45, 7) is 2.23. The van der Waals surface area contributed by atoms with E-state index in [1.165, 1.54) is 0 Å². The molecule has 1 atom stereocenters. The minimum absolute atomic E-state index is 0.0914. The molecule has 1 fully saturated rings. The first-order valence-electron chi connectivity index (χ1n) is 2.91. The molecule has 0 aromatic rings. The van der Waals surface area contributed by atoms with Crippen molar-refractivity contribution in [3.05, 3.63) is 0 Å². The van der Waals surface area contributed by atoms with E-state index in [0.29, 0.717) is 11.6 Å². The maximum Gasteiger partial charge on any atom is 0.0923 e. The number of hydrogen-bond donors (Lipinski definition) is 2. The Bertz CT molecular complexity index is 112. The third-order valence-electron chi connectivity index (χ3n) is 1.27. The number of thiocarbonyl (C=S) groups is 1. The van der Waals surface area contributed by atoms with Crippen molar-refractivity contribution in [2.45, 2.75) is 6.04 Å². The van der Waals surface area contributed by atoms with E-state index in [1.807, 2.05) is 0 Å². The Labute approximate surface area is 59.6 Å². The number of nitrogens with two attached hydrogens (primary N) is 1. The largest absolute Gasteiger partial charge is 0.392 e. The lowest BCUT2D eigenvalue weighted by molar-refractivity contribution is 0.0952. The maximum absolute atomic E-state index is 5.36. The number of rotatable bonds is 1. The summed E-state index contributed by atoms with van der Waals surface area (Å²) in [7, 11) is 0. The lowest BCUT2D eigenvalue weighted by atomic mass is 10.3. The zero-order valence-electron chi connectivity index (χ0n) is 5.09. The van der Waals surface area contributed by atoms with Gasteiger partial charge in [0.25, 0.3) is 0 Å². The summed E-state index contributed by atoms with van der Waals surface area (Å²) in [5.74, 6) is 0. The van der Waals surface area contributed by atoms with Crippen LogP contribution in [-0.4, -0.2) is 30.8 Å². The molecule has 1 rings (SSSR count). The van der Waals surface area contributed by atoms with Crippen molar-refractivity contribution in [3.8, 4) is 0 Å². The van der Waals surface area contributed by atoms with Crippen LogP contribution < -0.4 is 11.1 Å². The fourth-order valence-electron chi connectivity index (χ4n) is 0.748. The van der Waals surface area contributed by atoms with Gasteiger partial charge in [-0.05, 0) is 0 Å². The topological polar surface area (TPSA) is 47.3 Å². The van der Waals surface area contributed by atoms with Crippen LogP contribution in [-0.2, 0) is 4.74 Å². The monoisotopic (exact) mass is 146 g/mol. The normalized spacial score (nSPS) is 27.8. The SMILES string of the molecule is NC(=S)C1COCCN1. The first-order valence-corrected chi connectivity index (χ1v) is 3.32. The average molecular weight is 146 g/mol. The zero-order valence-corrected chi connectivity index (χ0v) is 5.91. The molecule has 1 unspecified atom stereocenters. The van der Waals surface area contributed by atoms with Gasteiger partial charge in [-0.15, -0.1) is 0 Å². The molecule has 9 heavy (non-hydrogen) atoms. The fourth-order valence-corrected chi connectivity index (χ4v) is 0.900. The standard InChI is InChI=1S/C5H10N2OS/c6-5(9)4-3-8-2-1-7-4/h4,7H,1-3H2,(H2,6,9). The Morgan fingerprint density at radius 2 is 2.56 bits per heavy atom. The lowest BCUT2D eigenvalue weighted by Crippen LogP contribution is -2.48. The van der Waals surface area contributed by atoms with Gasteiger partial charge in [0.2, 0.25) is 0 Å². The van der Waals surface area contributed by atoms with E-state index in [2.05, 4.69) is 5.32 Å². The average Bonchev–Trinajstić information content (AvgIpc) is 1.90. The molecule has 0 spiro atoms. The first kappa shape index (κ1) is 6.92. The minimum Gasteiger partial charge on any atom is -0.392 e. The second-order valence-electron chi connectivity index (χ2n) is 1.98. The molecule has 1 saturated heterocycles. The molecular formula is C5H10N2OS. The molecular weight excluding hydrogens is 136 g/mol. The molecule has 0 aliphatic carbocycles. The van der Waals surface area contributed by atoms with Crippen LogP contribution in [0.25, 0.3) is 0 Å².